The summed E-state index contributed by atoms with van der Waals surface area (Å²) in [6.45, 7) is 3.70. The first-order chi connectivity index (χ1) is 28.3. The molecule has 0 aliphatic carbocycles. The molecule has 0 unspecified atom stereocenters. The third-order valence-corrected chi connectivity index (χ3v) is 8.01. The quantitative estimate of drug-likeness (QED) is 0.0347. The molecule has 0 aliphatic heterocycles. The first-order valence-corrected chi connectivity index (χ1v) is 18.5. The van der Waals surface area contributed by atoms with E-state index >= 15 is 0 Å². The molecule has 0 amide bonds. The van der Waals surface area contributed by atoms with Crippen LogP contribution in [0.25, 0.3) is 0 Å². The van der Waals surface area contributed by atoms with Crippen LogP contribution in [0.2, 0.25) is 0 Å². The largest absolute Gasteiger partial charge is 0.478 e. The zero-order valence-electron chi connectivity index (χ0n) is 31.4. The van der Waals surface area contributed by atoms with Gasteiger partial charge in [-0.25, -0.2) is 19.2 Å². The number of hydrogen-bond donors (Lipinski definition) is 1. The van der Waals surface area contributed by atoms with E-state index in [9.17, 15) is 84.7 Å². The van der Waals surface area contributed by atoms with Gasteiger partial charge in [-0.05, 0) is 6.92 Å². The van der Waals surface area contributed by atoms with Gasteiger partial charge in [-0.15, -0.1) is 0 Å². The Bertz CT molecular complexity index is 2170. The number of alkyl halides is 10. The number of halogens is 10. The Hall–Kier alpha value is -6.17. The fraction of sp³-hybridized carbons (Fsp3) is 0.344. The highest BCUT2D eigenvalue weighted by molar-refractivity contribution is 7.88. The molecule has 0 heterocycles. The third kappa shape index (κ3) is 17.4. The number of esters is 4. The van der Waals surface area contributed by atoms with Crippen LogP contribution in [0, 0.1) is 0 Å². The number of rotatable bonds is 17. The number of aliphatic hydroxyl groups is 1. The highest BCUT2D eigenvalue weighted by Gasteiger charge is 2.58. The molecule has 0 bridgehead atoms. The molecule has 2 rings (SSSR count). The minimum Gasteiger partial charge on any atom is -0.464 e. The van der Waals surface area contributed by atoms with Gasteiger partial charge in [0.25, 0.3) is 0 Å². The first-order valence-electron chi connectivity index (χ1n) is 15.7. The zero-order valence-corrected chi connectivity index (χ0v) is 33.0. The van der Waals surface area contributed by atoms with Crippen molar-refractivity contribution in [2.75, 3.05) is 33.5 Å². The van der Waals surface area contributed by atoms with E-state index < -0.39 is 109 Å². The summed E-state index contributed by atoms with van der Waals surface area (Å²) in [7, 11) is -12.0. The van der Waals surface area contributed by atoms with Gasteiger partial charge in [-0.2, -0.15) is 60.7 Å². The molecular formula is C32H30F10N2O16S2. The Morgan fingerprint density at radius 2 is 0.952 bits per heavy atom. The van der Waals surface area contributed by atoms with Crippen molar-refractivity contribution in [2.24, 2.45) is 10.3 Å². The van der Waals surface area contributed by atoms with E-state index in [-0.39, 0.29) is 13.2 Å². The molecule has 0 fully saturated rings. The summed E-state index contributed by atoms with van der Waals surface area (Å²) in [5.74, 6) is -8.13. The van der Waals surface area contributed by atoms with Gasteiger partial charge >= 0.3 is 67.0 Å². The van der Waals surface area contributed by atoms with Gasteiger partial charge in [-0.1, -0.05) is 77.6 Å². The topological polar surface area (TPSA) is 254 Å². The summed E-state index contributed by atoms with van der Waals surface area (Å²) in [5, 5.41) is 1.99. The Balaban J connectivity index is 0.00000102. The average Bonchev–Trinajstić information content (AvgIpc) is 3.18. The highest BCUT2D eigenvalue weighted by Crippen LogP contribution is 2.29. The third-order valence-electron chi connectivity index (χ3n) is 5.88. The number of carbonyl (C=O) groups excluding carboxylic acids is 5. The number of carbonyl (C=O) groups is 5. The lowest BCUT2D eigenvalue weighted by Gasteiger charge is -2.15. The van der Waals surface area contributed by atoms with Crippen LogP contribution in [-0.2, 0) is 71.7 Å². The molecule has 0 saturated carbocycles. The van der Waals surface area contributed by atoms with Gasteiger partial charge in [0.2, 0.25) is 5.78 Å². The number of methoxy groups -OCH3 is 1. The normalized spacial score (nSPS) is 12.5. The maximum atomic E-state index is 13.8. The fourth-order valence-corrected chi connectivity index (χ4v) is 4.12. The molecule has 0 radical (unpaired) electrons. The predicted octanol–water partition coefficient (Wildman–Crippen LogP) is 3.73. The average molecular weight is 953 g/mol. The summed E-state index contributed by atoms with van der Waals surface area (Å²) < 4.78 is 200. The van der Waals surface area contributed by atoms with E-state index in [0.29, 0.717) is 12.7 Å². The van der Waals surface area contributed by atoms with Crippen molar-refractivity contribution in [3.05, 3.63) is 83.9 Å². The molecule has 2 aromatic carbocycles. The molecule has 0 saturated heterocycles. The van der Waals surface area contributed by atoms with Crippen LogP contribution in [-0.4, -0.2) is 119 Å². The molecular weight excluding hydrogens is 922 g/mol. The fourth-order valence-electron chi connectivity index (χ4n) is 3.03. The Morgan fingerprint density at radius 1 is 0.597 bits per heavy atom. The van der Waals surface area contributed by atoms with Crippen LogP contribution in [0.4, 0.5) is 43.9 Å². The number of aliphatic hydroxyl groups excluding tert-OH is 1. The van der Waals surface area contributed by atoms with Crippen molar-refractivity contribution >= 4 is 61.3 Å². The molecule has 62 heavy (non-hydrogen) atoms. The molecule has 0 atom stereocenters. The maximum absolute atomic E-state index is 13.8. The van der Waals surface area contributed by atoms with Crippen molar-refractivity contribution in [2.45, 2.75) is 36.7 Å². The summed E-state index contributed by atoms with van der Waals surface area (Å²) in [4.78, 5) is 53.8. The molecule has 0 aliphatic rings. The maximum Gasteiger partial charge on any atom is 0.478 e. The Morgan fingerprint density at radius 3 is 1.27 bits per heavy atom. The van der Waals surface area contributed by atoms with Crippen molar-refractivity contribution < 1.29 is 117 Å². The summed E-state index contributed by atoms with van der Waals surface area (Å²) in [5.41, 5.74) is -4.80. The molecule has 0 aromatic heterocycles. The van der Waals surface area contributed by atoms with E-state index in [2.05, 4.69) is 44.4 Å². The molecule has 346 valence electrons. The van der Waals surface area contributed by atoms with Gasteiger partial charge in [0.15, 0.2) is 11.4 Å². The lowest BCUT2D eigenvalue weighted by atomic mass is 10.1. The van der Waals surface area contributed by atoms with E-state index in [0.717, 1.165) is 43.3 Å². The number of oxime groups is 2. The van der Waals surface area contributed by atoms with Crippen LogP contribution < -0.4 is 0 Å². The minimum atomic E-state index is -6.35. The van der Waals surface area contributed by atoms with E-state index in [1.165, 1.54) is 24.3 Å². The van der Waals surface area contributed by atoms with Gasteiger partial charge in [0.05, 0.1) is 13.7 Å². The lowest BCUT2D eigenvalue weighted by molar-refractivity contribution is -0.166. The van der Waals surface area contributed by atoms with E-state index in [1.807, 2.05) is 0 Å². The summed E-state index contributed by atoms with van der Waals surface area (Å²) in [6.07, 6.45) is -10.5. The van der Waals surface area contributed by atoms with E-state index in [4.69, 9.17) is 5.11 Å². The van der Waals surface area contributed by atoms with Crippen LogP contribution in [0.3, 0.4) is 0 Å². The highest BCUT2D eigenvalue weighted by atomic mass is 32.2. The Kier molecular flexibility index (Phi) is 21.4. The number of benzene rings is 2. The molecule has 2 aromatic rings. The van der Waals surface area contributed by atoms with Crippen LogP contribution in [0.1, 0.15) is 25.0 Å². The summed E-state index contributed by atoms with van der Waals surface area (Å²) >= 11 is 0. The smallest absolute Gasteiger partial charge is 0.464 e. The first kappa shape index (κ1) is 55.8. The molecule has 1 N–H and O–H groups in total. The zero-order chi connectivity index (χ0) is 48.3. The number of nitrogens with zero attached hydrogens (tertiary/aromatic N) is 2. The van der Waals surface area contributed by atoms with Gasteiger partial charge in [0.1, 0.15) is 19.8 Å². The second-order valence-electron chi connectivity index (χ2n) is 10.7. The monoisotopic (exact) mass is 952 g/mol. The number of ketones is 1. The second kappa shape index (κ2) is 23.7. The minimum absolute atomic E-state index is 0.0473. The van der Waals surface area contributed by atoms with Gasteiger partial charge in [0, 0.05) is 23.6 Å². The predicted molar refractivity (Wildman–Crippen MR) is 185 cm³/mol. The number of hydrogen-bond acceptors (Lipinski definition) is 18. The van der Waals surface area contributed by atoms with E-state index in [1.54, 1.807) is 6.92 Å². The van der Waals surface area contributed by atoms with Crippen molar-refractivity contribution in [3.8, 4) is 0 Å². The van der Waals surface area contributed by atoms with Crippen molar-refractivity contribution in [3.63, 3.8) is 0 Å². The lowest BCUT2D eigenvalue weighted by Crippen LogP contribution is -2.40. The number of ether oxygens (including phenoxy) is 4. The second-order valence-corrected chi connectivity index (χ2v) is 13.8. The van der Waals surface area contributed by atoms with Crippen LogP contribution >= 0.6 is 0 Å². The molecule has 0 spiro atoms. The van der Waals surface area contributed by atoms with Gasteiger partial charge in [-0.3, -0.25) is 13.4 Å². The van der Waals surface area contributed by atoms with Gasteiger partial charge < -0.3 is 24.1 Å². The van der Waals surface area contributed by atoms with Crippen molar-refractivity contribution in [1.29, 1.82) is 0 Å². The van der Waals surface area contributed by atoms with Crippen LogP contribution in [0.15, 0.2) is 83.1 Å². The van der Waals surface area contributed by atoms with Crippen LogP contribution in [0.5, 0.6) is 0 Å². The number of Topliss-reactive ketones (excluding diaryl/α,β-unsaturated/α-hetero) is 1. The molecule has 18 nitrogen and oxygen atoms in total. The summed E-state index contributed by atoms with van der Waals surface area (Å²) in [6, 6.07) is 10.8. The van der Waals surface area contributed by atoms with Crippen molar-refractivity contribution in [1.82, 2.24) is 0 Å². The Labute approximate surface area is 342 Å². The SMILES string of the molecule is C=C(C)C(=O)OCCO.CC(=O)C(=O)OCCOC(=O)C(F)(F)S(=O)(=O)O/N=C(/c1ccccc1)C(F)(F)F.COC(=O)C(F)(F)S(=O)(=O)O/N=C(/c1ccccc1)C(F)(F)F. The molecule has 30 heteroatoms. The standard InChI is InChI=1S/C15H12F5NO8S.C11H8F5NO5S.C6H10O3/c1-9(22)12(23)27-7-8-28-13(24)15(19,20)30(25,26)29-21-11(14(16,17)18)10-5-3-2-4-6-10;1-21-9(18)11(15,16)23(19,20)22-17-8(10(12,13)14)7-5-3-2-4-6-7;1-5(2)6(8)9-4-3-7/h2-6H,7-8H2,1H3;2-6H,1H3;7H,1,3-4H2,2H3/b21-11-;17-8-;.